The zero-order chi connectivity index (χ0) is 33.6. The Bertz CT molecular complexity index is 1880. The predicted octanol–water partition coefficient (Wildman–Crippen LogP) is 3.14. The third-order valence-corrected chi connectivity index (χ3v) is 8.76. The highest BCUT2D eigenvalue weighted by Crippen LogP contribution is 2.35. The van der Waals surface area contributed by atoms with Crippen molar-refractivity contribution in [3.8, 4) is 5.75 Å². The molecule has 4 aromatic rings. The van der Waals surface area contributed by atoms with Gasteiger partial charge in [0, 0.05) is 31.3 Å². The number of anilines is 1. The van der Waals surface area contributed by atoms with Gasteiger partial charge in [-0.15, -0.1) is 0 Å². The van der Waals surface area contributed by atoms with E-state index in [1.807, 2.05) is 19.1 Å². The molecule has 0 fully saturated rings. The van der Waals surface area contributed by atoms with E-state index in [2.05, 4.69) is 41.2 Å². The maximum Gasteiger partial charge on any atom is 0.270 e. The average Bonchev–Trinajstić information content (AvgIpc) is 3.73. The molecule has 4 amide bonds. The second kappa shape index (κ2) is 14.8. The first kappa shape index (κ1) is 32.8. The number of carbonyl (C=O) groups is 4. The van der Waals surface area contributed by atoms with Crippen LogP contribution in [0.4, 0.5) is 5.69 Å². The number of unbranched alkanes of at least 4 members (excludes halogenated alkanes) is 3. The first-order valence-corrected chi connectivity index (χ1v) is 16.3. The first-order valence-electron chi connectivity index (χ1n) is 15.9. The summed E-state index contributed by atoms with van der Waals surface area (Å²) in [7, 11) is 0. The first-order chi connectivity index (χ1) is 23.3. The fraction of sp³-hybridized carbons (Fsp3) is 0.364. The second-order valence-electron chi connectivity index (χ2n) is 11.8. The van der Waals surface area contributed by atoms with E-state index in [0.717, 1.165) is 54.5 Å². The molecule has 0 radical (unpaired) electrons. The molecule has 14 nitrogen and oxygen atoms in total. The Labute approximate surface area is 281 Å². The number of nitrogens with zero attached hydrogens (tertiary/aromatic N) is 4. The molecule has 1 aliphatic heterocycles. The predicted molar refractivity (Wildman–Crippen MR) is 177 cm³/mol. The molecule has 0 unspecified atom stereocenters. The smallest absolute Gasteiger partial charge is 0.270 e. The molecule has 250 valence electrons. The largest absolute Gasteiger partial charge is 0.482 e. The lowest BCUT2D eigenvalue weighted by Crippen LogP contribution is -2.31. The number of hydrogen-bond donors (Lipinski definition) is 5. The van der Waals surface area contributed by atoms with Crippen LogP contribution >= 0.6 is 11.8 Å². The number of carbonyl (C=O) groups excluding carboxylic acids is 4. The molecule has 0 saturated heterocycles. The molecule has 5 N–H and O–H groups in total. The Morgan fingerprint density at radius 1 is 1.02 bits per heavy atom. The number of halogens is 1. The van der Waals surface area contributed by atoms with Crippen molar-refractivity contribution in [3.05, 3.63) is 81.9 Å². The Kier molecular flexibility index (Phi) is 10.1. The topological polar surface area (TPSA) is 181 Å². The highest BCUT2D eigenvalue weighted by Gasteiger charge is 2.29. The van der Waals surface area contributed by atoms with Gasteiger partial charge in [-0.25, -0.2) is 9.82 Å². The number of nitrogens with one attached hydrogen (secondary N) is 5. The van der Waals surface area contributed by atoms with Gasteiger partial charge in [0.05, 0.1) is 11.7 Å². The molecule has 48 heavy (non-hydrogen) atoms. The van der Waals surface area contributed by atoms with Gasteiger partial charge in [0.15, 0.2) is 6.61 Å². The number of rotatable bonds is 13. The molecule has 1 atom stereocenters. The van der Waals surface area contributed by atoms with Crippen molar-refractivity contribution in [2.24, 2.45) is 0 Å². The molecular weight excluding hydrogens is 638 g/mol. The van der Waals surface area contributed by atoms with Crippen molar-refractivity contribution in [3.63, 3.8) is 0 Å². The SMILES string of the molecule is Cc1c(C(=O)NCCCCCCNCl)ccc2c1CC[C@@H]2NC(=O)c1cc(C(=O)NCc2ccc3c(c2)NC(=O)CO3)nc2ncnn12. The maximum absolute atomic E-state index is 13.6. The lowest BCUT2D eigenvalue weighted by molar-refractivity contribution is -0.118. The van der Waals surface area contributed by atoms with Gasteiger partial charge in [-0.05, 0) is 84.8 Å². The Morgan fingerprint density at radius 2 is 1.85 bits per heavy atom. The zero-order valence-corrected chi connectivity index (χ0v) is 27.2. The Hall–Kier alpha value is -5.08. The minimum Gasteiger partial charge on any atom is -0.482 e. The van der Waals surface area contributed by atoms with Gasteiger partial charge in [0.1, 0.15) is 23.5 Å². The molecule has 1 aliphatic carbocycles. The van der Waals surface area contributed by atoms with Gasteiger partial charge in [-0.3, -0.25) is 19.2 Å². The summed E-state index contributed by atoms with van der Waals surface area (Å²) in [4.78, 5) is 62.5. The molecule has 2 aromatic carbocycles. The van der Waals surface area contributed by atoms with Gasteiger partial charge in [-0.2, -0.15) is 14.6 Å². The van der Waals surface area contributed by atoms with Gasteiger partial charge in [0.2, 0.25) is 0 Å². The molecule has 3 heterocycles. The van der Waals surface area contributed by atoms with Crippen molar-refractivity contribution < 1.29 is 23.9 Å². The molecule has 15 heteroatoms. The molecular formula is C33H36ClN9O5. The average molecular weight is 674 g/mol. The van der Waals surface area contributed by atoms with Crippen LogP contribution in [0.1, 0.15) is 91.7 Å². The van der Waals surface area contributed by atoms with Crippen LogP contribution in [0.15, 0.2) is 42.7 Å². The number of ether oxygens (including phenoxy) is 1. The van der Waals surface area contributed by atoms with Crippen molar-refractivity contribution in [1.29, 1.82) is 0 Å². The summed E-state index contributed by atoms with van der Waals surface area (Å²) in [6, 6.07) is 10.1. The number of benzene rings is 2. The molecule has 0 spiro atoms. The maximum atomic E-state index is 13.6. The van der Waals surface area contributed by atoms with E-state index in [0.29, 0.717) is 36.4 Å². The highest BCUT2D eigenvalue weighted by atomic mass is 35.5. The van der Waals surface area contributed by atoms with E-state index in [4.69, 9.17) is 16.5 Å². The molecule has 6 rings (SSSR count). The summed E-state index contributed by atoms with van der Waals surface area (Å²) >= 11 is 5.48. The minimum atomic E-state index is -0.510. The molecule has 2 aliphatic rings. The van der Waals surface area contributed by atoms with E-state index >= 15 is 0 Å². The fourth-order valence-electron chi connectivity index (χ4n) is 6.08. The molecule has 2 aromatic heterocycles. The van der Waals surface area contributed by atoms with E-state index in [1.54, 1.807) is 18.2 Å². The summed E-state index contributed by atoms with van der Waals surface area (Å²) in [6.45, 7) is 3.42. The van der Waals surface area contributed by atoms with Crippen molar-refractivity contribution in [2.75, 3.05) is 25.0 Å². The van der Waals surface area contributed by atoms with E-state index in [1.165, 1.54) is 16.9 Å². The highest BCUT2D eigenvalue weighted by molar-refractivity contribution is 6.13. The normalized spacial score (nSPS) is 14.9. The Morgan fingerprint density at radius 3 is 2.69 bits per heavy atom. The van der Waals surface area contributed by atoms with E-state index in [-0.39, 0.29) is 48.2 Å². The standard InChI is InChI=1S/C33H36ClN9O5/c1-19-21-9-10-24(23(21)8-7-22(19)30(45)35-12-4-2-3-5-13-38-34)41-32(47)27-15-26(42-33-37-18-39-43(27)33)31(46)36-16-20-6-11-28-25(14-20)40-29(44)17-48-28/h6-8,11,14-15,18,24,38H,2-5,9-10,12-13,16-17H2,1H3,(H,35,45)(H,36,46)(H,40,44)(H,41,47)/t24-/m0/s1. The van der Waals surface area contributed by atoms with Crippen LogP contribution in [-0.2, 0) is 17.8 Å². The number of aromatic nitrogens is 4. The zero-order valence-electron chi connectivity index (χ0n) is 26.4. The van der Waals surface area contributed by atoms with E-state index in [9.17, 15) is 19.2 Å². The summed E-state index contributed by atoms with van der Waals surface area (Å²) in [6.07, 6.45) is 6.60. The summed E-state index contributed by atoms with van der Waals surface area (Å²) in [5.41, 5.74) is 4.92. The lowest BCUT2D eigenvalue weighted by Gasteiger charge is -2.18. The summed E-state index contributed by atoms with van der Waals surface area (Å²) < 4.78 is 6.68. The number of hydrogen-bond acceptors (Lipinski definition) is 9. The van der Waals surface area contributed by atoms with Gasteiger partial charge < -0.3 is 26.0 Å². The van der Waals surface area contributed by atoms with Crippen LogP contribution in [0.3, 0.4) is 0 Å². The summed E-state index contributed by atoms with van der Waals surface area (Å²) in [5.74, 6) is -0.645. The summed E-state index contributed by atoms with van der Waals surface area (Å²) in [5, 5.41) is 15.8. The minimum absolute atomic E-state index is 0.000773. The second-order valence-corrected chi connectivity index (χ2v) is 12.0. The van der Waals surface area contributed by atoms with Crippen LogP contribution in [0, 0.1) is 6.92 Å². The Balaban J connectivity index is 1.10. The lowest BCUT2D eigenvalue weighted by atomic mass is 9.97. The molecule has 0 saturated carbocycles. The van der Waals surface area contributed by atoms with Crippen LogP contribution in [-0.4, -0.2) is 62.9 Å². The monoisotopic (exact) mass is 673 g/mol. The van der Waals surface area contributed by atoms with Crippen molar-refractivity contribution in [2.45, 2.75) is 58.0 Å². The van der Waals surface area contributed by atoms with Gasteiger partial charge in [0.25, 0.3) is 29.4 Å². The van der Waals surface area contributed by atoms with Crippen LogP contribution in [0.2, 0.25) is 0 Å². The van der Waals surface area contributed by atoms with Gasteiger partial charge >= 0.3 is 0 Å². The van der Waals surface area contributed by atoms with Crippen molar-refractivity contribution >= 4 is 46.9 Å². The number of amides is 4. The van der Waals surface area contributed by atoms with Crippen LogP contribution in [0.25, 0.3) is 5.78 Å². The van der Waals surface area contributed by atoms with Crippen molar-refractivity contribution in [1.82, 2.24) is 40.4 Å². The van der Waals surface area contributed by atoms with Gasteiger partial charge in [-0.1, -0.05) is 25.0 Å². The third kappa shape index (κ3) is 7.24. The fourth-order valence-corrected chi connectivity index (χ4v) is 6.21. The third-order valence-electron chi connectivity index (χ3n) is 8.57. The van der Waals surface area contributed by atoms with E-state index < -0.39 is 11.8 Å². The quantitative estimate of drug-likeness (QED) is 0.105. The molecule has 0 bridgehead atoms. The number of fused-ring (bicyclic) bond motifs is 3. The van der Waals surface area contributed by atoms with Crippen LogP contribution in [0.5, 0.6) is 5.75 Å². The van der Waals surface area contributed by atoms with Crippen LogP contribution < -0.4 is 30.8 Å².